The molecule has 0 aliphatic carbocycles. The lowest BCUT2D eigenvalue weighted by atomic mass is 9.98. The Kier molecular flexibility index (Phi) is 11.7. The zero-order valence-corrected chi connectivity index (χ0v) is 17.2. The quantitative estimate of drug-likeness (QED) is 0.129. The summed E-state index contributed by atoms with van der Waals surface area (Å²) in [5.41, 5.74) is 10.4. The van der Waals surface area contributed by atoms with Gasteiger partial charge in [-0.05, 0) is 5.92 Å². The summed E-state index contributed by atoms with van der Waals surface area (Å²) in [5, 5.41) is 33.5. The van der Waals surface area contributed by atoms with E-state index in [2.05, 4.69) is 10.6 Å². The number of hydrogen-bond donors (Lipinski definition) is 8. The maximum absolute atomic E-state index is 12.5. The van der Waals surface area contributed by atoms with Gasteiger partial charge in [0.05, 0.1) is 19.4 Å². The van der Waals surface area contributed by atoms with Crippen LogP contribution in [-0.4, -0.2) is 81.7 Å². The molecule has 0 aromatic heterocycles. The molecule has 0 aromatic carbocycles. The molecular formula is C17H29N5O9. The first-order chi connectivity index (χ1) is 14.3. The van der Waals surface area contributed by atoms with E-state index in [0.29, 0.717) is 6.42 Å². The largest absolute Gasteiger partial charge is 0.481 e. The average molecular weight is 447 g/mol. The van der Waals surface area contributed by atoms with Crippen LogP contribution in [0.25, 0.3) is 0 Å². The van der Waals surface area contributed by atoms with Gasteiger partial charge < -0.3 is 42.7 Å². The number of carbonyl (C=O) groups excluding carboxylic acids is 4. The van der Waals surface area contributed by atoms with Gasteiger partial charge in [-0.2, -0.15) is 0 Å². The number of aliphatic hydroxyl groups is 1. The molecule has 14 heteroatoms. The molecule has 14 nitrogen and oxygen atoms in total. The number of rotatable bonds is 14. The number of primary amides is 1. The summed E-state index contributed by atoms with van der Waals surface area (Å²) < 4.78 is 0. The number of amides is 4. The van der Waals surface area contributed by atoms with Crippen LogP contribution in [0.3, 0.4) is 0 Å². The topological polar surface area (TPSA) is 251 Å². The molecule has 0 aromatic rings. The van der Waals surface area contributed by atoms with Crippen LogP contribution < -0.4 is 27.4 Å². The van der Waals surface area contributed by atoms with Gasteiger partial charge in [0.1, 0.15) is 24.2 Å². The van der Waals surface area contributed by atoms with Crippen LogP contribution in [0.5, 0.6) is 0 Å². The zero-order chi connectivity index (χ0) is 24.3. The predicted molar refractivity (Wildman–Crippen MR) is 104 cm³/mol. The Morgan fingerprint density at radius 2 is 1.35 bits per heavy atom. The first kappa shape index (κ1) is 27.7. The molecule has 0 rings (SSSR count). The summed E-state index contributed by atoms with van der Waals surface area (Å²) in [6.45, 7) is 2.50. The van der Waals surface area contributed by atoms with Gasteiger partial charge in [0.25, 0.3) is 0 Å². The van der Waals surface area contributed by atoms with E-state index in [1.165, 1.54) is 0 Å². The molecular weight excluding hydrogens is 418 g/mol. The van der Waals surface area contributed by atoms with Crippen molar-refractivity contribution in [3.63, 3.8) is 0 Å². The molecule has 31 heavy (non-hydrogen) atoms. The first-order valence-corrected chi connectivity index (χ1v) is 9.34. The molecule has 0 radical (unpaired) electrons. The fourth-order valence-electron chi connectivity index (χ4n) is 2.37. The number of carbonyl (C=O) groups is 6. The van der Waals surface area contributed by atoms with Crippen LogP contribution >= 0.6 is 0 Å². The lowest BCUT2D eigenvalue weighted by Gasteiger charge is -2.25. The van der Waals surface area contributed by atoms with E-state index >= 15 is 0 Å². The molecule has 176 valence electrons. The normalized spacial score (nSPS) is 15.5. The Labute approximate surface area is 177 Å². The summed E-state index contributed by atoms with van der Waals surface area (Å²) in [7, 11) is 0. The maximum Gasteiger partial charge on any atom is 0.326 e. The number of carboxylic acids is 2. The van der Waals surface area contributed by atoms with Crippen molar-refractivity contribution in [2.45, 2.75) is 57.3 Å². The van der Waals surface area contributed by atoms with Crippen molar-refractivity contribution in [3.05, 3.63) is 0 Å². The molecule has 10 N–H and O–H groups in total. The lowest BCUT2D eigenvalue weighted by Crippen LogP contribution is -2.58. The van der Waals surface area contributed by atoms with Crippen LogP contribution in [0.1, 0.15) is 33.1 Å². The summed E-state index contributed by atoms with van der Waals surface area (Å²) in [5.74, 6) is -7.51. The summed E-state index contributed by atoms with van der Waals surface area (Å²) in [6.07, 6.45) is -1.21. The highest BCUT2D eigenvalue weighted by Crippen LogP contribution is 2.09. The molecule has 0 saturated carbocycles. The van der Waals surface area contributed by atoms with E-state index in [-0.39, 0.29) is 0 Å². The van der Waals surface area contributed by atoms with Crippen molar-refractivity contribution in [2.24, 2.45) is 17.4 Å². The smallest absolute Gasteiger partial charge is 0.326 e. The highest BCUT2D eigenvalue weighted by Gasteiger charge is 2.33. The van der Waals surface area contributed by atoms with Crippen molar-refractivity contribution >= 4 is 35.6 Å². The van der Waals surface area contributed by atoms with Gasteiger partial charge in [-0.15, -0.1) is 0 Å². The maximum atomic E-state index is 12.5. The minimum atomic E-state index is -1.70. The van der Waals surface area contributed by atoms with E-state index < -0.39 is 85.1 Å². The van der Waals surface area contributed by atoms with Crippen molar-refractivity contribution < 1.29 is 44.1 Å². The van der Waals surface area contributed by atoms with Crippen molar-refractivity contribution in [1.29, 1.82) is 0 Å². The van der Waals surface area contributed by atoms with Crippen molar-refractivity contribution in [2.75, 3.05) is 6.61 Å². The predicted octanol–water partition coefficient (Wildman–Crippen LogP) is -3.76. The van der Waals surface area contributed by atoms with E-state index in [1.54, 1.807) is 13.8 Å². The van der Waals surface area contributed by atoms with Gasteiger partial charge in [-0.25, -0.2) is 4.79 Å². The molecule has 5 unspecified atom stereocenters. The van der Waals surface area contributed by atoms with Gasteiger partial charge in [-0.1, -0.05) is 20.3 Å². The summed E-state index contributed by atoms with van der Waals surface area (Å²) in [4.78, 5) is 70.6. The number of nitrogens with one attached hydrogen (secondary N) is 3. The average Bonchev–Trinajstić information content (AvgIpc) is 2.68. The molecule has 0 spiro atoms. The minimum absolute atomic E-state index is 0.405. The monoisotopic (exact) mass is 447 g/mol. The molecule has 4 amide bonds. The van der Waals surface area contributed by atoms with Gasteiger partial charge in [0, 0.05) is 0 Å². The van der Waals surface area contributed by atoms with Crippen LogP contribution in [0.15, 0.2) is 0 Å². The molecule has 0 bridgehead atoms. The number of carboxylic acid groups (broad SMARTS) is 2. The second kappa shape index (κ2) is 13.1. The second-order valence-corrected chi connectivity index (χ2v) is 6.89. The third kappa shape index (κ3) is 9.86. The molecule has 0 aliphatic heterocycles. The van der Waals surface area contributed by atoms with Gasteiger partial charge in [0.15, 0.2) is 0 Å². The zero-order valence-electron chi connectivity index (χ0n) is 17.2. The summed E-state index contributed by atoms with van der Waals surface area (Å²) in [6, 6.07) is -6.08. The second-order valence-electron chi connectivity index (χ2n) is 6.89. The number of aliphatic carboxylic acids is 2. The Balaban J connectivity index is 5.56. The molecule has 0 saturated heterocycles. The first-order valence-electron chi connectivity index (χ1n) is 9.34. The SMILES string of the molecule is CCC(C)C(NC(=O)C(CC(N)=O)NC(=O)C(CC(=O)O)NC(=O)C(N)CO)C(=O)O. The van der Waals surface area contributed by atoms with Crippen LogP contribution in [0, 0.1) is 5.92 Å². The molecule has 5 atom stereocenters. The van der Waals surface area contributed by atoms with Crippen molar-refractivity contribution in [1.82, 2.24) is 16.0 Å². The van der Waals surface area contributed by atoms with Gasteiger partial charge in [0.2, 0.25) is 23.6 Å². The molecule has 0 aliphatic rings. The standard InChI is InChI=1S/C17H29N5O9/c1-3-7(2)13(17(30)31)22-16(29)9(4-11(19)24)21-15(28)10(5-12(25)26)20-14(27)8(18)6-23/h7-10,13,23H,3-6,18H2,1-2H3,(H2,19,24)(H,20,27)(H,21,28)(H,22,29)(H,25,26)(H,30,31). The Hall–Kier alpha value is -3.26. The van der Waals surface area contributed by atoms with E-state index in [9.17, 15) is 33.9 Å². The number of aliphatic hydroxyl groups excluding tert-OH is 1. The minimum Gasteiger partial charge on any atom is -0.481 e. The fourth-order valence-corrected chi connectivity index (χ4v) is 2.37. The van der Waals surface area contributed by atoms with E-state index in [4.69, 9.17) is 21.7 Å². The van der Waals surface area contributed by atoms with Crippen molar-refractivity contribution in [3.8, 4) is 0 Å². The lowest BCUT2D eigenvalue weighted by molar-refractivity contribution is -0.144. The van der Waals surface area contributed by atoms with E-state index in [0.717, 1.165) is 0 Å². The number of hydrogen-bond acceptors (Lipinski definition) is 8. The Morgan fingerprint density at radius 1 is 0.871 bits per heavy atom. The van der Waals surface area contributed by atoms with E-state index in [1.807, 2.05) is 5.32 Å². The summed E-state index contributed by atoms with van der Waals surface area (Å²) >= 11 is 0. The Morgan fingerprint density at radius 3 is 1.77 bits per heavy atom. The van der Waals surface area contributed by atoms with Crippen LogP contribution in [0.4, 0.5) is 0 Å². The number of nitrogens with two attached hydrogens (primary N) is 2. The van der Waals surface area contributed by atoms with Gasteiger partial charge in [-0.3, -0.25) is 24.0 Å². The fraction of sp³-hybridized carbons (Fsp3) is 0.647. The third-order valence-corrected chi connectivity index (χ3v) is 4.36. The molecule has 0 heterocycles. The Bertz CT molecular complexity index is 699. The van der Waals surface area contributed by atoms with Gasteiger partial charge >= 0.3 is 11.9 Å². The van der Waals surface area contributed by atoms with Crippen LogP contribution in [-0.2, 0) is 28.8 Å². The third-order valence-electron chi connectivity index (χ3n) is 4.36. The van der Waals surface area contributed by atoms with Crippen LogP contribution in [0.2, 0.25) is 0 Å². The highest BCUT2D eigenvalue weighted by atomic mass is 16.4. The highest BCUT2D eigenvalue weighted by molar-refractivity contribution is 5.97. The molecule has 0 fully saturated rings.